The summed E-state index contributed by atoms with van der Waals surface area (Å²) in [4.78, 5) is 25.1. The number of hydrogen-bond acceptors (Lipinski definition) is 6. The van der Waals surface area contributed by atoms with E-state index < -0.39 is 0 Å². The quantitative estimate of drug-likeness (QED) is 0.790. The molecule has 2 aromatic heterocycles. The maximum absolute atomic E-state index is 12.0. The van der Waals surface area contributed by atoms with E-state index in [1.54, 1.807) is 30.2 Å². The van der Waals surface area contributed by atoms with Gasteiger partial charge in [-0.1, -0.05) is 12.1 Å². The van der Waals surface area contributed by atoms with Crippen molar-refractivity contribution in [3.8, 4) is 17.1 Å². The van der Waals surface area contributed by atoms with Gasteiger partial charge in [0, 0.05) is 18.8 Å². The third-order valence-electron chi connectivity index (χ3n) is 3.78. The number of aromatic nitrogens is 3. The summed E-state index contributed by atoms with van der Waals surface area (Å²) in [5.41, 5.74) is 3.63. The molecule has 1 N–H and O–H groups in total. The van der Waals surface area contributed by atoms with Crippen molar-refractivity contribution in [3.63, 3.8) is 0 Å². The second-order valence-electron chi connectivity index (χ2n) is 5.39. The normalized spacial score (nSPS) is 15.6. The maximum atomic E-state index is 12.0. The fourth-order valence-corrected chi connectivity index (χ4v) is 3.22. The number of carbonyl (C=O) groups excluding carboxylic acids is 1. The zero-order chi connectivity index (χ0) is 16.4. The summed E-state index contributed by atoms with van der Waals surface area (Å²) in [6.07, 6.45) is 5.64. The van der Waals surface area contributed by atoms with E-state index in [0.717, 1.165) is 23.3 Å². The second kappa shape index (κ2) is 6.37. The summed E-state index contributed by atoms with van der Waals surface area (Å²) in [6.45, 7) is 0.445. The lowest BCUT2D eigenvalue weighted by molar-refractivity contribution is 0.0937. The fourth-order valence-electron chi connectivity index (χ4n) is 2.69. The van der Waals surface area contributed by atoms with E-state index in [9.17, 15) is 4.79 Å². The molecule has 0 bridgehead atoms. The number of nitrogens with zero attached hydrogens (tertiary/aromatic N) is 3. The van der Waals surface area contributed by atoms with Crippen LogP contribution in [0.1, 0.15) is 15.2 Å². The summed E-state index contributed by atoms with van der Waals surface area (Å²) in [5.74, 6) is 1.33. The predicted molar refractivity (Wildman–Crippen MR) is 90.0 cm³/mol. The van der Waals surface area contributed by atoms with Gasteiger partial charge < -0.3 is 10.1 Å². The number of rotatable bonds is 4. The van der Waals surface area contributed by atoms with E-state index in [4.69, 9.17) is 4.74 Å². The second-order valence-corrected chi connectivity index (χ2v) is 6.27. The SMILES string of the molecule is O=C(NC[C@@H]1Cc2cccc(-c3ncccn3)c2O1)c1cncs1. The molecule has 1 atom stereocenters. The van der Waals surface area contributed by atoms with Gasteiger partial charge in [0.15, 0.2) is 5.82 Å². The lowest BCUT2D eigenvalue weighted by Gasteiger charge is -2.12. The van der Waals surface area contributed by atoms with Gasteiger partial charge in [0.25, 0.3) is 5.91 Å². The maximum Gasteiger partial charge on any atom is 0.263 e. The molecule has 6 nitrogen and oxygen atoms in total. The molecular formula is C17H14N4O2S. The Hall–Kier alpha value is -2.80. The molecule has 0 aliphatic carbocycles. The molecule has 1 amide bonds. The molecule has 0 saturated heterocycles. The van der Waals surface area contributed by atoms with Crippen molar-refractivity contribution in [3.05, 3.63) is 58.8 Å². The third-order valence-corrected chi connectivity index (χ3v) is 4.55. The number of fused-ring (bicyclic) bond motifs is 1. The molecule has 4 rings (SSSR count). The minimum absolute atomic E-state index is 0.0956. The summed E-state index contributed by atoms with van der Waals surface area (Å²) in [5, 5.41) is 2.90. The van der Waals surface area contributed by atoms with E-state index >= 15 is 0 Å². The zero-order valence-corrected chi connectivity index (χ0v) is 13.5. The van der Waals surface area contributed by atoms with Crippen LogP contribution >= 0.6 is 11.3 Å². The largest absolute Gasteiger partial charge is 0.487 e. The summed E-state index contributed by atoms with van der Waals surface area (Å²) >= 11 is 1.32. The van der Waals surface area contributed by atoms with Crippen molar-refractivity contribution in [2.75, 3.05) is 6.54 Å². The summed E-state index contributed by atoms with van der Waals surface area (Å²) in [6, 6.07) is 7.75. The monoisotopic (exact) mass is 338 g/mol. The molecule has 1 aliphatic heterocycles. The van der Waals surface area contributed by atoms with E-state index in [-0.39, 0.29) is 12.0 Å². The first-order chi connectivity index (χ1) is 11.8. The van der Waals surface area contributed by atoms with Crippen molar-refractivity contribution in [2.45, 2.75) is 12.5 Å². The Morgan fingerprint density at radius 2 is 2.17 bits per heavy atom. The average molecular weight is 338 g/mol. The molecular weight excluding hydrogens is 324 g/mol. The zero-order valence-electron chi connectivity index (χ0n) is 12.7. The van der Waals surface area contributed by atoms with Gasteiger partial charge in [-0.15, -0.1) is 11.3 Å². The predicted octanol–water partition coefficient (Wildman–Crippen LogP) is 2.33. The van der Waals surface area contributed by atoms with Crippen LogP contribution in [0.25, 0.3) is 11.4 Å². The first-order valence-corrected chi connectivity index (χ1v) is 8.42. The number of ether oxygens (including phenoxy) is 1. The Kier molecular flexibility index (Phi) is 3.92. The highest BCUT2D eigenvalue weighted by molar-refractivity contribution is 7.11. The number of benzene rings is 1. The molecule has 0 unspecified atom stereocenters. The molecule has 0 saturated carbocycles. The highest BCUT2D eigenvalue weighted by Crippen LogP contribution is 2.37. The van der Waals surface area contributed by atoms with Crippen LogP contribution in [-0.2, 0) is 6.42 Å². The Bertz CT molecular complexity index is 852. The van der Waals surface area contributed by atoms with Gasteiger partial charge >= 0.3 is 0 Å². The van der Waals surface area contributed by atoms with Crippen LogP contribution in [-0.4, -0.2) is 33.5 Å². The van der Waals surface area contributed by atoms with Gasteiger partial charge in [-0.2, -0.15) is 0 Å². The molecule has 0 fully saturated rings. The first-order valence-electron chi connectivity index (χ1n) is 7.54. The lowest BCUT2D eigenvalue weighted by atomic mass is 10.1. The molecule has 1 aliphatic rings. The van der Waals surface area contributed by atoms with Crippen LogP contribution in [0.15, 0.2) is 48.4 Å². The Balaban J connectivity index is 1.47. The van der Waals surface area contributed by atoms with Crippen molar-refractivity contribution in [1.82, 2.24) is 20.3 Å². The molecule has 3 heterocycles. The topological polar surface area (TPSA) is 77.0 Å². The molecule has 3 aromatic rings. The fraction of sp³-hybridized carbons (Fsp3) is 0.176. The van der Waals surface area contributed by atoms with Crippen LogP contribution < -0.4 is 10.1 Å². The minimum atomic E-state index is -0.122. The summed E-state index contributed by atoms with van der Waals surface area (Å²) < 4.78 is 6.05. The number of thiazole rings is 1. The number of nitrogens with one attached hydrogen (secondary N) is 1. The van der Waals surface area contributed by atoms with Crippen molar-refractivity contribution in [2.24, 2.45) is 0 Å². The van der Waals surface area contributed by atoms with Gasteiger partial charge in [-0.05, 0) is 17.7 Å². The molecule has 0 radical (unpaired) electrons. The highest BCUT2D eigenvalue weighted by Gasteiger charge is 2.27. The van der Waals surface area contributed by atoms with Crippen LogP contribution in [0.4, 0.5) is 0 Å². The average Bonchev–Trinajstić information content (AvgIpc) is 3.29. The molecule has 120 valence electrons. The Morgan fingerprint density at radius 3 is 2.96 bits per heavy atom. The Labute approximate surface area is 142 Å². The van der Waals surface area contributed by atoms with Gasteiger partial charge in [0.2, 0.25) is 0 Å². The number of carbonyl (C=O) groups is 1. The number of para-hydroxylation sites is 1. The van der Waals surface area contributed by atoms with E-state index in [1.165, 1.54) is 11.3 Å². The van der Waals surface area contributed by atoms with Crippen molar-refractivity contribution < 1.29 is 9.53 Å². The van der Waals surface area contributed by atoms with Gasteiger partial charge in [0.1, 0.15) is 16.7 Å². The summed E-state index contributed by atoms with van der Waals surface area (Å²) in [7, 11) is 0. The van der Waals surface area contributed by atoms with Gasteiger partial charge in [-0.3, -0.25) is 9.78 Å². The minimum Gasteiger partial charge on any atom is -0.487 e. The molecule has 7 heteroatoms. The third kappa shape index (κ3) is 2.85. The number of amides is 1. The molecule has 1 aromatic carbocycles. The van der Waals surface area contributed by atoms with E-state index in [1.807, 2.05) is 18.2 Å². The van der Waals surface area contributed by atoms with Crippen LogP contribution in [0.5, 0.6) is 5.75 Å². The first kappa shape index (κ1) is 14.8. The molecule has 0 spiro atoms. The van der Waals surface area contributed by atoms with E-state index in [0.29, 0.717) is 17.2 Å². The van der Waals surface area contributed by atoms with Crippen LogP contribution in [0.2, 0.25) is 0 Å². The Morgan fingerprint density at radius 1 is 1.29 bits per heavy atom. The van der Waals surface area contributed by atoms with Gasteiger partial charge in [-0.25, -0.2) is 9.97 Å². The van der Waals surface area contributed by atoms with Crippen molar-refractivity contribution >= 4 is 17.2 Å². The van der Waals surface area contributed by atoms with Crippen LogP contribution in [0, 0.1) is 0 Å². The van der Waals surface area contributed by atoms with Crippen LogP contribution in [0.3, 0.4) is 0 Å². The standard InChI is InChI=1S/C17H14N4O2S/c22-17(14-9-18-10-24-14)21-8-12-7-11-3-1-4-13(15(11)23-12)16-19-5-2-6-20-16/h1-6,9-10,12H,7-8H2,(H,21,22)/t12-/m0/s1. The highest BCUT2D eigenvalue weighted by atomic mass is 32.1. The van der Waals surface area contributed by atoms with E-state index in [2.05, 4.69) is 20.3 Å². The molecule has 24 heavy (non-hydrogen) atoms. The van der Waals surface area contributed by atoms with Crippen molar-refractivity contribution in [1.29, 1.82) is 0 Å². The lowest BCUT2D eigenvalue weighted by Crippen LogP contribution is -2.34. The smallest absolute Gasteiger partial charge is 0.263 e. The number of hydrogen-bond donors (Lipinski definition) is 1. The van der Waals surface area contributed by atoms with Gasteiger partial charge in [0.05, 0.1) is 23.8 Å².